The molecule has 0 radical (unpaired) electrons. The van der Waals surface area contributed by atoms with E-state index >= 15 is 0 Å². The third-order valence-corrected chi connectivity index (χ3v) is 4.18. The molecule has 2 rings (SSSR count). The highest BCUT2D eigenvalue weighted by Crippen LogP contribution is 2.14. The molecule has 122 valence electrons. The summed E-state index contributed by atoms with van der Waals surface area (Å²) in [6.07, 6.45) is 0.359. The van der Waals surface area contributed by atoms with Gasteiger partial charge >= 0.3 is 10.1 Å². The van der Waals surface area contributed by atoms with Crippen molar-refractivity contribution in [1.29, 1.82) is 0 Å². The Kier molecular flexibility index (Phi) is 5.76. The van der Waals surface area contributed by atoms with E-state index in [0.29, 0.717) is 13.0 Å². The molecule has 0 N–H and O–H groups in total. The zero-order valence-electron chi connectivity index (χ0n) is 13.1. The summed E-state index contributed by atoms with van der Waals surface area (Å²) in [5.41, 5.74) is 1.92. The highest BCUT2D eigenvalue weighted by Gasteiger charge is 2.16. The van der Waals surface area contributed by atoms with Crippen molar-refractivity contribution in [2.24, 2.45) is 5.16 Å². The van der Waals surface area contributed by atoms with Crippen LogP contribution in [0.4, 0.5) is 0 Å². The predicted molar refractivity (Wildman–Crippen MR) is 88.7 cm³/mol. The van der Waals surface area contributed by atoms with Crippen LogP contribution < -0.4 is 0 Å². The fourth-order valence-corrected chi connectivity index (χ4v) is 2.62. The number of aryl methyl sites for hydroxylation is 1. The summed E-state index contributed by atoms with van der Waals surface area (Å²) >= 11 is 0. The minimum Gasteiger partial charge on any atom is -0.479 e. The number of hydrogen-bond acceptors (Lipinski definition) is 5. The average molecular weight is 333 g/mol. The molecule has 2 aromatic rings. The summed E-state index contributed by atoms with van der Waals surface area (Å²) in [7, 11) is -3.95. The third-order valence-electron chi connectivity index (χ3n) is 3.06. The molecule has 0 aliphatic heterocycles. The number of benzene rings is 2. The number of rotatable bonds is 6. The summed E-state index contributed by atoms with van der Waals surface area (Å²) in [4.78, 5) is 0.0578. The van der Waals surface area contributed by atoms with Crippen LogP contribution in [0.15, 0.2) is 64.6 Å². The molecule has 0 spiro atoms. The van der Waals surface area contributed by atoms with Crippen LogP contribution in [-0.2, 0) is 25.6 Å². The number of nitrogens with zero attached hydrogens (tertiary/aromatic N) is 1. The van der Waals surface area contributed by atoms with Crippen LogP contribution in [0.2, 0.25) is 0 Å². The van der Waals surface area contributed by atoms with Gasteiger partial charge in [0.05, 0.1) is 13.0 Å². The summed E-state index contributed by atoms with van der Waals surface area (Å²) in [5.74, 6) is 0.217. The van der Waals surface area contributed by atoms with Crippen molar-refractivity contribution in [3.63, 3.8) is 0 Å². The standard InChI is InChI=1S/C17H19NO4S/c1-3-21-17(13-15-7-5-4-6-8-15)18-22-23(19,20)16-11-9-14(2)10-12-16/h4-12H,3,13H2,1-2H3/b18-17-. The van der Waals surface area contributed by atoms with Crippen LogP contribution in [0.3, 0.4) is 0 Å². The first-order chi connectivity index (χ1) is 11.0. The Labute approximate surface area is 136 Å². The second kappa shape index (κ2) is 7.78. The average Bonchev–Trinajstić information content (AvgIpc) is 2.54. The van der Waals surface area contributed by atoms with Crippen molar-refractivity contribution in [2.75, 3.05) is 6.61 Å². The van der Waals surface area contributed by atoms with Crippen molar-refractivity contribution in [2.45, 2.75) is 25.2 Å². The Morgan fingerprint density at radius 1 is 1.04 bits per heavy atom. The normalized spacial score (nSPS) is 12.0. The first kappa shape index (κ1) is 17.0. The maximum Gasteiger partial charge on any atom is 0.358 e. The lowest BCUT2D eigenvalue weighted by Gasteiger charge is -2.08. The maximum atomic E-state index is 12.1. The monoisotopic (exact) mass is 333 g/mol. The molecule has 0 bridgehead atoms. The third kappa shape index (κ3) is 5.10. The molecule has 0 atom stereocenters. The van der Waals surface area contributed by atoms with Crippen LogP contribution >= 0.6 is 0 Å². The van der Waals surface area contributed by atoms with Gasteiger partial charge in [0.1, 0.15) is 4.90 Å². The molecule has 0 saturated carbocycles. The van der Waals surface area contributed by atoms with Crippen LogP contribution in [0.5, 0.6) is 0 Å². The molecule has 0 amide bonds. The number of oxime groups is 1. The highest BCUT2D eigenvalue weighted by atomic mass is 32.2. The van der Waals surface area contributed by atoms with Gasteiger partial charge in [0, 0.05) is 0 Å². The number of ether oxygens (including phenoxy) is 1. The molecular formula is C17H19NO4S. The molecule has 0 aliphatic rings. The van der Waals surface area contributed by atoms with Gasteiger partial charge in [-0.1, -0.05) is 48.0 Å². The molecule has 0 aliphatic carbocycles. The second-order valence-corrected chi connectivity index (χ2v) is 6.45. The highest BCUT2D eigenvalue weighted by molar-refractivity contribution is 7.86. The Hall–Kier alpha value is -2.34. The first-order valence-electron chi connectivity index (χ1n) is 7.25. The summed E-state index contributed by atoms with van der Waals surface area (Å²) in [5, 5.41) is 3.69. The lowest BCUT2D eigenvalue weighted by molar-refractivity contribution is 0.274. The predicted octanol–water partition coefficient (Wildman–Crippen LogP) is 3.29. The van der Waals surface area contributed by atoms with Gasteiger partial charge in [-0.2, -0.15) is 8.42 Å². The largest absolute Gasteiger partial charge is 0.479 e. The molecule has 23 heavy (non-hydrogen) atoms. The van der Waals surface area contributed by atoms with Gasteiger partial charge in [0.2, 0.25) is 5.90 Å². The minimum absolute atomic E-state index is 0.0578. The molecule has 0 saturated heterocycles. The molecule has 0 aromatic heterocycles. The molecule has 5 nitrogen and oxygen atoms in total. The van der Waals surface area contributed by atoms with E-state index in [1.54, 1.807) is 19.1 Å². The van der Waals surface area contributed by atoms with Gasteiger partial charge in [-0.3, -0.25) is 4.28 Å². The van der Waals surface area contributed by atoms with E-state index in [4.69, 9.17) is 9.02 Å². The molecule has 0 unspecified atom stereocenters. The van der Waals surface area contributed by atoms with Crippen LogP contribution in [0.1, 0.15) is 18.1 Å². The van der Waals surface area contributed by atoms with Crippen molar-refractivity contribution in [3.05, 3.63) is 65.7 Å². The second-order valence-electron chi connectivity index (χ2n) is 4.92. The fraction of sp³-hybridized carbons (Fsp3) is 0.235. The quantitative estimate of drug-likeness (QED) is 0.462. The van der Waals surface area contributed by atoms with E-state index in [0.717, 1.165) is 11.1 Å². The van der Waals surface area contributed by atoms with Crippen LogP contribution in [0, 0.1) is 6.92 Å². The van der Waals surface area contributed by atoms with Crippen molar-refractivity contribution in [3.8, 4) is 0 Å². The van der Waals surface area contributed by atoms with E-state index in [-0.39, 0.29) is 10.8 Å². The van der Waals surface area contributed by atoms with Crippen molar-refractivity contribution >= 4 is 16.0 Å². The summed E-state index contributed by atoms with van der Waals surface area (Å²) in [6.45, 7) is 4.05. The first-order valence-corrected chi connectivity index (χ1v) is 8.66. The topological polar surface area (TPSA) is 65.0 Å². The Morgan fingerprint density at radius 3 is 2.30 bits per heavy atom. The van der Waals surface area contributed by atoms with Gasteiger partial charge in [-0.25, -0.2) is 0 Å². The van der Waals surface area contributed by atoms with E-state index in [2.05, 4.69) is 5.16 Å². The van der Waals surface area contributed by atoms with E-state index in [9.17, 15) is 8.42 Å². The van der Waals surface area contributed by atoms with E-state index in [1.165, 1.54) is 12.1 Å². The number of hydrogen-bond donors (Lipinski definition) is 0. The summed E-state index contributed by atoms with van der Waals surface area (Å²) < 4.78 is 34.4. The van der Waals surface area contributed by atoms with E-state index in [1.807, 2.05) is 37.3 Å². The minimum atomic E-state index is -3.95. The van der Waals surface area contributed by atoms with Crippen LogP contribution in [0.25, 0.3) is 0 Å². The molecule has 6 heteroatoms. The lowest BCUT2D eigenvalue weighted by atomic mass is 10.1. The van der Waals surface area contributed by atoms with Gasteiger partial charge in [-0.05, 0) is 36.7 Å². The molecule has 2 aromatic carbocycles. The Balaban J connectivity index is 2.14. The Bertz CT molecular complexity index is 753. The van der Waals surface area contributed by atoms with E-state index < -0.39 is 10.1 Å². The molecule has 0 fully saturated rings. The van der Waals surface area contributed by atoms with Gasteiger partial charge < -0.3 is 4.74 Å². The zero-order chi connectivity index (χ0) is 16.7. The zero-order valence-corrected chi connectivity index (χ0v) is 13.9. The lowest BCUT2D eigenvalue weighted by Crippen LogP contribution is -2.11. The van der Waals surface area contributed by atoms with Crippen LogP contribution in [-0.4, -0.2) is 20.9 Å². The molecule has 0 heterocycles. The van der Waals surface area contributed by atoms with Crippen molar-refractivity contribution in [1.82, 2.24) is 0 Å². The van der Waals surface area contributed by atoms with Gasteiger partial charge in [-0.15, -0.1) is 0 Å². The maximum absolute atomic E-state index is 12.1. The smallest absolute Gasteiger partial charge is 0.358 e. The van der Waals surface area contributed by atoms with Crippen molar-refractivity contribution < 1.29 is 17.4 Å². The SMILES string of the molecule is CCO/C(Cc1ccccc1)=N\OS(=O)(=O)c1ccc(C)cc1. The summed E-state index contributed by atoms with van der Waals surface area (Å²) in [6, 6.07) is 15.9. The Morgan fingerprint density at radius 2 is 1.70 bits per heavy atom. The van der Waals surface area contributed by atoms with Gasteiger partial charge in [0.15, 0.2) is 0 Å². The molecular weight excluding hydrogens is 314 g/mol. The fourth-order valence-electron chi connectivity index (χ4n) is 1.89. The van der Waals surface area contributed by atoms with Gasteiger partial charge in [0.25, 0.3) is 0 Å².